The molecule has 0 aliphatic heterocycles. The molecule has 7 heteroatoms. The normalized spacial score (nSPS) is 15.5. The summed E-state index contributed by atoms with van der Waals surface area (Å²) >= 11 is 0. The molecular formula is C28H22F2N4O. The smallest absolute Gasteiger partial charge is 0.280 e. The summed E-state index contributed by atoms with van der Waals surface area (Å²) < 4.78 is 29.3. The molecule has 35 heavy (non-hydrogen) atoms. The maximum Gasteiger partial charge on any atom is 0.280 e. The summed E-state index contributed by atoms with van der Waals surface area (Å²) in [4.78, 5) is 23.0. The van der Waals surface area contributed by atoms with Crippen LogP contribution >= 0.6 is 0 Å². The van der Waals surface area contributed by atoms with E-state index in [0.29, 0.717) is 28.2 Å². The molecule has 3 aromatic heterocycles. The van der Waals surface area contributed by atoms with Gasteiger partial charge in [-0.25, -0.2) is 13.8 Å². The van der Waals surface area contributed by atoms with Crippen LogP contribution in [0.25, 0.3) is 44.5 Å². The molecule has 0 spiro atoms. The number of nitrogens with one attached hydrogen (secondary N) is 1. The Bertz CT molecular complexity index is 1680. The Morgan fingerprint density at radius 1 is 1.00 bits per heavy atom. The molecule has 5 nitrogen and oxygen atoms in total. The second-order valence-electron chi connectivity index (χ2n) is 8.96. The first-order chi connectivity index (χ1) is 16.9. The van der Waals surface area contributed by atoms with Gasteiger partial charge < -0.3 is 0 Å². The average molecular weight is 469 g/mol. The van der Waals surface area contributed by atoms with Crippen LogP contribution in [0.5, 0.6) is 0 Å². The molecule has 0 atom stereocenters. The van der Waals surface area contributed by atoms with E-state index in [1.54, 1.807) is 12.3 Å². The number of nitrogens with zero attached hydrogens (tertiary/aromatic N) is 3. The third-order valence-electron chi connectivity index (χ3n) is 6.64. The van der Waals surface area contributed by atoms with E-state index < -0.39 is 5.92 Å². The average Bonchev–Trinajstić information content (AvgIpc) is 3.24. The number of benzene rings is 2. The number of halogens is 2. The molecule has 1 aliphatic rings. The molecular weight excluding hydrogens is 446 g/mol. The molecule has 0 unspecified atom stereocenters. The summed E-state index contributed by atoms with van der Waals surface area (Å²) in [5, 5.41) is 4.17. The van der Waals surface area contributed by atoms with Crippen LogP contribution in [0.4, 0.5) is 8.78 Å². The number of fused-ring (bicyclic) bond motifs is 2. The van der Waals surface area contributed by atoms with Crippen LogP contribution in [-0.2, 0) is 0 Å². The number of aromatic amines is 1. The van der Waals surface area contributed by atoms with Crippen LogP contribution in [0.3, 0.4) is 0 Å². The maximum absolute atomic E-state index is 13.9. The van der Waals surface area contributed by atoms with Gasteiger partial charge in [-0.2, -0.15) is 4.52 Å². The predicted molar refractivity (Wildman–Crippen MR) is 133 cm³/mol. The second-order valence-corrected chi connectivity index (χ2v) is 8.96. The van der Waals surface area contributed by atoms with Crippen LogP contribution < -0.4 is 5.56 Å². The highest BCUT2D eigenvalue weighted by molar-refractivity contribution is 5.89. The van der Waals surface area contributed by atoms with Gasteiger partial charge in [0.15, 0.2) is 5.65 Å². The number of H-pyrrole nitrogens is 1. The summed E-state index contributed by atoms with van der Waals surface area (Å²) in [6.07, 6.45) is 2.99. The van der Waals surface area contributed by atoms with Gasteiger partial charge in [0.25, 0.3) is 11.5 Å². The third kappa shape index (κ3) is 3.64. The Labute approximate surface area is 199 Å². The fourth-order valence-electron chi connectivity index (χ4n) is 4.88. The van der Waals surface area contributed by atoms with E-state index in [0.717, 1.165) is 27.6 Å². The summed E-state index contributed by atoms with van der Waals surface area (Å²) in [6, 6.07) is 19.1. The molecule has 0 saturated carbocycles. The summed E-state index contributed by atoms with van der Waals surface area (Å²) in [7, 11) is 0. The highest BCUT2D eigenvalue weighted by atomic mass is 19.3. The van der Waals surface area contributed by atoms with Gasteiger partial charge in [0, 0.05) is 35.6 Å². The van der Waals surface area contributed by atoms with Gasteiger partial charge in [-0.3, -0.25) is 14.9 Å². The second kappa shape index (κ2) is 7.98. The molecule has 3 heterocycles. The standard InChI is InChI=1S/C28H22F2N4O/c1-17-23(21-9-10-22-20(16-21)8-5-15-31-22)27(35)34-26(32-17)24(18-11-13-28(29,30)14-12-18)25(33-34)19-6-3-2-4-7-19/h2-11,15-16,33H,12-14H2,1H3. The Hall–Kier alpha value is -4.13. The molecule has 1 N–H and O–H groups in total. The lowest BCUT2D eigenvalue weighted by molar-refractivity contribution is -0.00602. The third-order valence-corrected chi connectivity index (χ3v) is 6.64. The zero-order valence-corrected chi connectivity index (χ0v) is 19.1. The Kier molecular flexibility index (Phi) is 4.88. The molecule has 1 aliphatic carbocycles. The van der Waals surface area contributed by atoms with Crippen molar-refractivity contribution in [1.29, 1.82) is 0 Å². The van der Waals surface area contributed by atoms with Crippen molar-refractivity contribution in [2.75, 3.05) is 0 Å². The van der Waals surface area contributed by atoms with Crippen LogP contribution in [0.1, 0.15) is 30.5 Å². The molecule has 5 aromatic rings. The molecule has 6 rings (SSSR count). The first-order valence-electron chi connectivity index (χ1n) is 11.5. The number of allylic oxidation sites excluding steroid dienone is 2. The Balaban J connectivity index is 1.61. The lowest BCUT2D eigenvalue weighted by Crippen LogP contribution is -2.20. The van der Waals surface area contributed by atoms with Crippen molar-refractivity contribution in [3.8, 4) is 22.4 Å². The molecule has 174 valence electrons. The van der Waals surface area contributed by atoms with Crippen LogP contribution in [-0.4, -0.2) is 25.5 Å². The predicted octanol–water partition coefficient (Wildman–Crippen LogP) is 6.42. The molecule has 2 aromatic carbocycles. The van der Waals surface area contributed by atoms with E-state index in [2.05, 4.69) is 10.1 Å². The number of alkyl halides is 2. The van der Waals surface area contributed by atoms with Gasteiger partial charge in [0.2, 0.25) is 0 Å². The number of pyridine rings is 1. The highest BCUT2D eigenvalue weighted by Gasteiger charge is 2.33. The van der Waals surface area contributed by atoms with E-state index in [1.165, 1.54) is 4.52 Å². The Morgan fingerprint density at radius 2 is 1.83 bits per heavy atom. The summed E-state index contributed by atoms with van der Waals surface area (Å²) in [5.41, 5.74) is 5.94. The molecule has 0 radical (unpaired) electrons. The zero-order valence-electron chi connectivity index (χ0n) is 19.1. The van der Waals surface area contributed by atoms with Crippen molar-refractivity contribution in [3.05, 3.63) is 94.5 Å². The van der Waals surface area contributed by atoms with Gasteiger partial charge in [0.1, 0.15) is 0 Å². The van der Waals surface area contributed by atoms with Crippen molar-refractivity contribution in [1.82, 2.24) is 19.6 Å². The largest absolute Gasteiger partial charge is 0.288 e. The SMILES string of the molecule is Cc1nc2c(C3=CCC(F)(F)CC3)c(-c3ccccc3)[nH]n2c(=O)c1-c1ccc2ncccc2c1. The monoisotopic (exact) mass is 468 g/mol. The Morgan fingerprint density at radius 3 is 2.60 bits per heavy atom. The fourth-order valence-corrected chi connectivity index (χ4v) is 4.88. The van der Waals surface area contributed by atoms with E-state index in [4.69, 9.17) is 4.98 Å². The van der Waals surface area contributed by atoms with Gasteiger partial charge in [-0.05, 0) is 42.7 Å². The molecule has 0 bridgehead atoms. The van der Waals surface area contributed by atoms with Gasteiger partial charge in [0.05, 0.1) is 22.5 Å². The highest BCUT2D eigenvalue weighted by Crippen LogP contribution is 2.40. The van der Waals surface area contributed by atoms with Crippen LogP contribution in [0.2, 0.25) is 0 Å². The maximum atomic E-state index is 13.9. The lowest BCUT2D eigenvalue weighted by Gasteiger charge is -2.21. The minimum atomic E-state index is -2.71. The van der Waals surface area contributed by atoms with Crippen molar-refractivity contribution in [2.45, 2.75) is 32.1 Å². The number of hydrogen-bond donors (Lipinski definition) is 1. The van der Waals surface area contributed by atoms with Gasteiger partial charge in [-0.15, -0.1) is 0 Å². The van der Waals surface area contributed by atoms with Crippen molar-refractivity contribution < 1.29 is 8.78 Å². The first kappa shape index (κ1) is 21.4. The fraction of sp³-hybridized carbons (Fsp3) is 0.179. The van der Waals surface area contributed by atoms with E-state index in [1.807, 2.05) is 67.6 Å². The van der Waals surface area contributed by atoms with Crippen LogP contribution in [0, 0.1) is 6.92 Å². The molecule has 0 fully saturated rings. The number of rotatable bonds is 3. The summed E-state index contributed by atoms with van der Waals surface area (Å²) in [5.74, 6) is -2.71. The minimum absolute atomic E-state index is 0.217. The summed E-state index contributed by atoms with van der Waals surface area (Å²) in [6.45, 7) is 1.81. The van der Waals surface area contributed by atoms with Gasteiger partial charge >= 0.3 is 0 Å². The van der Waals surface area contributed by atoms with E-state index in [-0.39, 0.29) is 24.8 Å². The molecule has 0 amide bonds. The quantitative estimate of drug-likeness (QED) is 0.333. The van der Waals surface area contributed by atoms with Gasteiger partial charge in [-0.1, -0.05) is 48.5 Å². The van der Waals surface area contributed by atoms with Crippen molar-refractivity contribution in [2.24, 2.45) is 0 Å². The number of aryl methyl sites for hydroxylation is 1. The van der Waals surface area contributed by atoms with Crippen molar-refractivity contribution in [3.63, 3.8) is 0 Å². The van der Waals surface area contributed by atoms with E-state index >= 15 is 0 Å². The molecule has 0 saturated heterocycles. The first-order valence-corrected chi connectivity index (χ1v) is 11.5. The minimum Gasteiger partial charge on any atom is -0.288 e. The van der Waals surface area contributed by atoms with Crippen molar-refractivity contribution >= 4 is 22.1 Å². The van der Waals surface area contributed by atoms with Crippen LogP contribution in [0.15, 0.2) is 77.7 Å². The number of aromatic nitrogens is 4. The zero-order chi connectivity index (χ0) is 24.2. The van der Waals surface area contributed by atoms with E-state index in [9.17, 15) is 13.6 Å². The number of hydrogen-bond acceptors (Lipinski definition) is 3. The topological polar surface area (TPSA) is 63.1 Å². The lowest BCUT2D eigenvalue weighted by atomic mass is 9.90.